The average molecular weight is 275 g/mol. The minimum Gasteiger partial charge on any atom is -0.379 e. The summed E-state index contributed by atoms with van der Waals surface area (Å²) in [6.07, 6.45) is 6.81. The van der Waals surface area contributed by atoms with Gasteiger partial charge in [-0.15, -0.1) is 0 Å². The normalized spacial score (nSPS) is 18.2. The molecule has 0 bridgehead atoms. The highest BCUT2D eigenvalue weighted by Gasteiger charge is 2.16. The van der Waals surface area contributed by atoms with Crippen molar-refractivity contribution in [2.75, 3.05) is 13.2 Å². The SMILES string of the molecule is Cc1cc(C)c(C(N)COCC2CCCCC2)c(C)c1. The molecule has 1 aliphatic rings. The second-order valence-corrected chi connectivity index (χ2v) is 6.46. The van der Waals surface area contributed by atoms with E-state index in [-0.39, 0.29) is 6.04 Å². The van der Waals surface area contributed by atoms with Crippen molar-refractivity contribution in [3.05, 3.63) is 34.4 Å². The molecule has 1 unspecified atom stereocenters. The van der Waals surface area contributed by atoms with Crippen molar-refractivity contribution in [3.63, 3.8) is 0 Å². The molecular weight excluding hydrogens is 246 g/mol. The highest BCUT2D eigenvalue weighted by Crippen LogP contribution is 2.25. The molecule has 1 aromatic carbocycles. The number of nitrogens with two attached hydrogens (primary N) is 1. The third-order valence-corrected chi connectivity index (χ3v) is 4.48. The summed E-state index contributed by atoms with van der Waals surface area (Å²) in [4.78, 5) is 0. The van der Waals surface area contributed by atoms with E-state index >= 15 is 0 Å². The Labute approximate surface area is 123 Å². The van der Waals surface area contributed by atoms with Crippen LogP contribution in [0, 0.1) is 26.7 Å². The van der Waals surface area contributed by atoms with E-state index in [1.54, 1.807) is 0 Å². The average Bonchev–Trinajstić information content (AvgIpc) is 2.38. The van der Waals surface area contributed by atoms with Crippen LogP contribution in [0.25, 0.3) is 0 Å². The molecule has 2 nitrogen and oxygen atoms in total. The maximum Gasteiger partial charge on any atom is 0.0659 e. The smallest absolute Gasteiger partial charge is 0.0659 e. The molecule has 0 aromatic heterocycles. The van der Waals surface area contributed by atoms with Crippen molar-refractivity contribution >= 4 is 0 Å². The monoisotopic (exact) mass is 275 g/mol. The minimum absolute atomic E-state index is 0.000749. The Kier molecular flexibility index (Phi) is 5.62. The van der Waals surface area contributed by atoms with Gasteiger partial charge in [-0.25, -0.2) is 0 Å². The number of aryl methyl sites for hydroxylation is 3. The number of ether oxygens (including phenoxy) is 1. The van der Waals surface area contributed by atoms with Gasteiger partial charge in [-0.3, -0.25) is 0 Å². The Morgan fingerprint density at radius 3 is 2.30 bits per heavy atom. The second-order valence-electron chi connectivity index (χ2n) is 6.46. The first-order chi connectivity index (χ1) is 9.58. The predicted octanol–water partition coefficient (Wildman–Crippen LogP) is 4.21. The topological polar surface area (TPSA) is 35.2 Å². The molecule has 1 aromatic rings. The Morgan fingerprint density at radius 1 is 1.10 bits per heavy atom. The molecule has 0 amide bonds. The van der Waals surface area contributed by atoms with E-state index in [0.29, 0.717) is 6.61 Å². The molecule has 112 valence electrons. The Bertz CT molecular complexity index is 412. The number of rotatable bonds is 5. The van der Waals surface area contributed by atoms with E-state index < -0.39 is 0 Å². The molecule has 1 atom stereocenters. The standard InChI is InChI=1S/C18H29NO/c1-13-9-14(2)18(15(3)10-13)17(19)12-20-11-16-7-5-4-6-8-16/h9-10,16-17H,4-8,11-12,19H2,1-3H3. The van der Waals surface area contributed by atoms with E-state index in [4.69, 9.17) is 10.5 Å². The summed E-state index contributed by atoms with van der Waals surface area (Å²) in [5.74, 6) is 0.760. The summed E-state index contributed by atoms with van der Waals surface area (Å²) in [5, 5.41) is 0. The maximum absolute atomic E-state index is 6.34. The van der Waals surface area contributed by atoms with Crippen molar-refractivity contribution in [2.24, 2.45) is 11.7 Å². The fourth-order valence-electron chi connectivity index (χ4n) is 3.57. The van der Waals surface area contributed by atoms with Gasteiger partial charge in [0.15, 0.2) is 0 Å². The van der Waals surface area contributed by atoms with Gasteiger partial charge in [0.2, 0.25) is 0 Å². The predicted molar refractivity (Wildman–Crippen MR) is 85.0 cm³/mol. The van der Waals surface area contributed by atoms with Crippen molar-refractivity contribution in [2.45, 2.75) is 58.9 Å². The molecule has 2 rings (SSSR count). The van der Waals surface area contributed by atoms with E-state index in [1.807, 2.05) is 0 Å². The zero-order chi connectivity index (χ0) is 14.5. The van der Waals surface area contributed by atoms with Crippen molar-refractivity contribution < 1.29 is 4.74 Å². The largest absolute Gasteiger partial charge is 0.379 e. The van der Waals surface area contributed by atoms with Gasteiger partial charge in [0.1, 0.15) is 0 Å². The van der Waals surface area contributed by atoms with Crippen LogP contribution in [0.2, 0.25) is 0 Å². The lowest BCUT2D eigenvalue weighted by atomic mass is 9.90. The van der Waals surface area contributed by atoms with Gasteiger partial charge >= 0.3 is 0 Å². The molecule has 1 saturated carbocycles. The van der Waals surface area contributed by atoms with Crippen LogP contribution in [-0.4, -0.2) is 13.2 Å². The Hall–Kier alpha value is -0.860. The lowest BCUT2D eigenvalue weighted by Crippen LogP contribution is -2.22. The molecule has 1 aliphatic carbocycles. The zero-order valence-corrected chi connectivity index (χ0v) is 13.2. The van der Waals surface area contributed by atoms with Gasteiger partial charge in [-0.05, 0) is 56.2 Å². The summed E-state index contributed by atoms with van der Waals surface area (Å²) < 4.78 is 5.90. The van der Waals surface area contributed by atoms with Gasteiger partial charge in [0.05, 0.1) is 12.6 Å². The molecule has 1 fully saturated rings. The highest BCUT2D eigenvalue weighted by atomic mass is 16.5. The summed E-state index contributed by atoms with van der Waals surface area (Å²) in [7, 11) is 0. The van der Waals surface area contributed by atoms with Gasteiger partial charge in [-0.1, -0.05) is 37.0 Å². The lowest BCUT2D eigenvalue weighted by molar-refractivity contribution is 0.0757. The first kappa shape index (κ1) is 15.5. The quantitative estimate of drug-likeness (QED) is 0.873. The van der Waals surface area contributed by atoms with Gasteiger partial charge in [0, 0.05) is 6.61 Å². The van der Waals surface area contributed by atoms with Crippen molar-refractivity contribution in [3.8, 4) is 0 Å². The van der Waals surface area contributed by atoms with Gasteiger partial charge in [-0.2, -0.15) is 0 Å². The minimum atomic E-state index is -0.000749. The van der Waals surface area contributed by atoms with Crippen LogP contribution in [0.5, 0.6) is 0 Å². The fraction of sp³-hybridized carbons (Fsp3) is 0.667. The van der Waals surface area contributed by atoms with Crippen LogP contribution >= 0.6 is 0 Å². The molecule has 0 saturated heterocycles. The number of benzene rings is 1. The Morgan fingerprint density at radius 2 is 1.70 bits per heavy atom. The van der Waals surface area contributed by atoms with Gasteiger partial charge in [0.25, 0.3) is 0 Å². The third kappa shape index (κ3) is 4.07. The van der Waals surface area contributed by atoms with E-state index in [0.717, 1.165) is 12.5 Å². The second kappa shape index (κ2) is 7.24. The summed E-state index contributed by atoms with van der Waals surface area (Å²) in [5.41, 5.74) is 11.5. The highest BCUT2D eigenvalue weighted by molar-refractivity contribution is 5.39. The molecule has 0 spiro atoms. The first-order valence-corrected chi connectivity index (χ1v) is 7.99. The number of hydrogen-bond donors (Lipinski definition) is 1. The van der Waals surface area contributed by atoms with Crippen LogP contribution in [-0.2, 0) is 4.74 Å². The molecular formula is C18H29NO. The van der Waals surface area contributed by atoms with Crippen LogP contribution in [0.15, 0.2) is 12.1 Å². The summed E-state index contributed by atoms with van der Waals surface area (Å²) in [6, 6.07) is 4.42. The summed E-state index contributed by atoms with van der Waals surface area (Å²) >= 11 is 0. The van der Waals surface area contributed by atoms with Crippen LogP contribution in [0.4, 0.5) is 0 Å². The van der Waals surface area contributed by atoms with E-state index in [9.17, 15) is 0 Å². The zero-order valence-electron chi connectivity index (χ0n) is 13.2. The first-order valence-electron chi connectivity index (χ1n) is 7.99. The number of hydrogen-bond acceptors (Lipinski definition) is 2. The summed E-state index contributed by atoms with van der Waals surface area (Å²) in [6.45, 7) is 7.96. The fourth-order valence-corrected chi connectivity index (χ4v) is 3.57. The molecule has 2 N–H and O–H groups in total. The van der Waals surface area contributed by atoms with Gasteiger partial charge < -0.3 is 10.5 Å². The van der Waals surface area contributed by atoms with Crippen molar-refractivity contribution in [1.29, 1.82) is 0 Å². The van der Waals surface area contributed by atoms with E-state index in [2.05, 4.69) is 32.9 Å². The maximum atomic E-state index is 6.34. The van der Waals surface area contributed by atoms with E-state index in [1.165, 1.54) is 54.4 Å². The molecule has 0 heterocycles. The third-order valence-electron chi connectivity index (χ3n) is 4.48. The van der Waals surface area contributed by atoms with Crippen LogP contribution in [0.3, 0.4) is 0 Å². The van der Waals surface area contributed by atoms with Crippen molar-refractivity contribution in [1.82, 2.24) is 0 Å². The van der Waals surface area contributed by atoms with Crippen LogP contribution in [0.1, 0.15) is 60.4 Å². The molecule has 20 heavy (non-hydrogen) atoms. The molecule has 0 aliphatic heterocycles. The molecule has 0 radical (unpaired) electrons. The Balaban J connectivity index is 1.86. The molecule has 2 heteroatoms. The van der Waals surface area contributed by atoms with Crippen LogP contribution < -0.4 is 5.73 Å². The lowest BCUT2D eigenvalue weighted by Gasteiger charge is -2.23.